The highest BCUT2D eigenvalue weighted by Crippen LogP contribution is 2.38. The smallest absolute Gasteiger partial charge is 0.303 e. The summed E-state index contributed by atoms with van der Waals surface area (Å²) in [6.07, 6.45) is 13.8. The Hall–Kier alpha value is -1.61. The Morgan fingerprint density at radius 2 is 1.79 bits per heavy atom. The van der Waals surface area contributed by atoms with E-state index >= 15 is 0 Å². The van der Waals surface area contributed by atoms with Crippen LogP contribution in [0.3, 0.4) is 0 Å². The van der Waals surface area contributed by atoms with E-state index in [1.165, 1.54) is 6.92 Å². The first-order valence-corrected chi connectivity index (χ1v) is 6.68. The Morgan fingerprint density at radius 3 is 2.16 bits per heavy atom. The summed E-state index contributed by atoms with van der Waals surface area (Å²) in [4.78, 5) is 11.6. The van der Waals surface area contributed by atoms with Crippen molar-refractivity contribution in [3.63, 3.8) is 0 Å². The number of hydrogen-bond donors (Lipinski definition) is 0. The van der Waals surface area contributed by atoms with Gasteiger partial charge in [0.2, 0.25) is 0 Å². The van der Waals surface area contributed by atoms with Gasteiger partial charge in [0, 0.05) is 13.5 Å². The Bertz CT molecular complexity index is 436. The van der Waals surface area contributed by atoms with Crippen LogP contribution in [0.15, 0.2) is 47.6 Å². The van der Waals surface area contributed by atoms with Crippen molar-refractivity contribution in [3.05, 3.63) is 47.6 Å². The van der Waals surface area contributed by atoms with Gasteiger partial charge < -0.3 is 9.47 Å². The van der Waals surface area contributed by atoms with Crippen LogP contribution in [0.2, 0.25) is 0 Å². The molecule has 0 spiro atoms. The van der Waals surface area contributed by atoms with Crippen molar-refractivity contribution < 1.29 is 14.3 Å². The standard InChI is InChI=1S/C16H20O3/c1-3-18-12-16(19-13(2)17,14-8-4-5-9-14)15-10-6-7-11-15/h4-8,10H,3,9,11-12H2,1-2H3. The molecule has 2 aliphatic rings. The molecule has 0 saturated carbocycles. The zero-order valence-electron chi connectivity index (χ0n) is 11.5. The average Bonchev–Trinajstić information content (AvgIpc) is 3.05. The molecule has 0 saturated heterocycles. The summed E-state index contributed by atoms with van der Waals surface area (Å²) < 4.78 is 11.3. The largest absolute Gasteiger partial charge is 0.448 e. The van der Waals surface area contributed by atoms with Crippen molar-refractivity contribution in [1.82, 2.24) is 0 Å². The number of hydrogen-bond acceptors (Lipinski definition) is 3. The number of carbonyl (C=O) groups excluding carboxylic acids is 1. The Morgan fingerprint density at radius 1 is 1.21 bits per heavy atom. The van der Waals surface area contributed by atoms with Crippen LogP contribution in [0.25, 0.3) is 0 Å². The molecule has 0 radical (unpaired) electrons. The number of rotatable bonds is 6. The third kappa shape index (κ3) is 2.87. The second-order valence-corrected chi connectivity index (χ2v) is 4.71. The molecule has 102 valence electrons. The summed E-state index contributed by atoms with van der Waals surface area (Å²) in [5, 5.41) is 0. The van der Waals surface area contributed by atoms with Crippen LogP contribution >= 0.6 is 0 Å². The first kappa shape index (κ1) is 13.8. The highest BCUT2D eigenvalue weighted by Gasteiger charge is 2.41. The van der Waals surface area contributed by atoms with Crippen molar-refractivity contribution in [2.75, 3.05) is 13.2 Å². The molecule has 0 amide bonds. The van der Waals surface area contributed by atoms with Crippen molar-refractivity contribution in [3.8, 4) is 0 Å². The van der Waals surface area contributed by atoms with Crippen molar-refractivity contribution >= 4 is 5.97 Å². The lowest BCUT2D eigenvalue weighted by atomic mass is 9.84. The fourth-order valence-electron chi connectivity index (χ4n) is 2.54. The Kier molecular flexibility index (Phi) is 4.38. The normalized spacial score (nSPS) is 17.6. The molecule has 0 aliphatic heterocycles. The molecule has 0 bridgehead atoms. The van der Waals surface area contributed by atoms with Gasteiger partial charge in [-0.05, 0) is 30.9 Å². The molecular formula is C16H20O3. The second-order valence-electron chi connectivity index (χ2n) is 4.71. The molecule has 0 aromatic rings. The lowest BCUT2D eigenvalue weighted by Gasteiger charge is -2.36. The van der Waals surface area contributed by atoms with E-state index in [1.54, 1.807) is 0 Å². The van der Waals surface area contributed by atoms with Gasteiger partial charge in [0.15, 0.2) is 5.60 Å². The number of carbonyl (C=O) groups is 1. The van der Waals surface area contributed by atoms with Crippen LogP contribution in [0.4, 0.5) is 0 Å². The predicted octanol–water partition coefficient (Wildman–Crippen LogP) is 3.10. The highest BCUT2D eigenvalue weighted by atomic mass is 16.6. The minimum absolute atomic E-state index is 0.277. The minimum atomic E-state index is -0.741. The topological polar surface area (TPSA) is 35.5 Å². The Balaban J connectivity index is 2.34. The highest BCUT2D eigenvalue weighted by molar-refractivity contribution is 5.68. The summed E-state index contributed by atoms with van der Waals surface area (Å²) in [5.41, 5.74) is 1.44. The molecule has 0 aromatic carbocycles. The van der Waals surface area contributed by atoms with Gasteiger partial charge >= 0.3 is 5.97 Å². The van der Waals surface area contributed by atoms with E-state index in [9.17, 15) is 4.79 Å². The molecule has 0 atom stereocenters. The van der Waals surface area contributed by atoms with Crippen molar-refractivity contribution in [2.45, 2.75) is 32.3 Å². The first-order valence-electron chi connectivity index (χ1n) is 6.68. The maximum Gasteiger partial charge on any atom is 0.303 e. The number of allylic oxidation sites excluding steroid dienone is 6. The van der Waals surface area contributed by atoms with Crippen LogP contribution in [0, 0.1) is 0 Å². The Labute approximate surface area is 114 Å². The van der Waals surface area contributed by atoms with E-state index in [2.05, 4.69) is 12.2 Å². The molecule has 3 nitrogen and oxygen atoms in total. The molecular weight excluding hydrogens is 240 g/mol. The van der Waals surface area contributed by atoms with Crippen LogP contribution in [-0.2, 0) is 14.3 Å². The number of ether oxygens (including phenoxy) is 2. The van der Waals surface area contributed by atoms with Crippen LogP contribution in [0.5, 0.6) is 0 Å². The lowest BCUT2D eigenvalue weighted by molar-refractivity contribution is -0.155. The molecule has 0 aromatic heterocycles. The van der Waals surface area contributed by atoms with E-state index in [0.717, 1.165) is 24.0 Å². The van der Waals surface area contributed by atoms with E-state index in [-0.39, 0.29) is 5.97 Å². The summed E-state index contributed by atoms with van der Waals surface area (Å²) in [7, 11) is 0. The second kappa shape index (κ2) is 6.02. The molecule has 19 heavy (non-hydrogen) atoms. The summed E-state index contributed by atoms with van der Waals surface area (Å²) in [5.74, 6) is -0.277. The molecule has 2 aliphatic carbocycles. The quantitative estimate of drug-likeness (QED) is 0.688. The van der Waals surface area contributed by atoms with Gasteiger partial charge in [0.1, 0.15) is 0 Å². The van der Waals surface area contributed by atoms with Crippen LogP contribution in [-0.4, -0.2) is 24.8 Å². The SMILES string of the molecule is CCOCC(OC(C)=O)(C1=CC=CC1)C1=CC=CC1. The van der Waals surface area contributed by atoms with Gasteiger partial charge in [-0.25, -0.2) is 0 Å². The minimum Gasteiger partial charge on any atom is -0.448 e. The molecule has 0 N–H and O–H groups in total. The van der Waals surface area contributed by atoms with Crippen LogP contribution in [0.1, 0.15) is 26.7 Å². The fourth-order valence-corrected chi connectivity index (χ4v) is 2.54. The van der Waals surface area contributed by atoms with Crippen molar-refractivity contribution in [2.24, 2.45) is 0 Å². The summed E-state index contributed by atoms with van der Waals surface area (Å²) in [6.45, 7) is 4.38. The molecule has 0 fully saturated rings. The third-order valence-corrected chi connectivity index (χ3v) is 3.41. The molecule has 0 heterocycles. The van der Waals surface area contributed by atoms with E-state index < -0.39 is 5.60 Å². The average molecular weight is 260 g/mol. The van der Waals surface area contributed by atoms with E-state index in [0.29, 0.717) is 13.2 Å². The molecule has 2 rings (SSSR count). The maximum absolute atomic E-state index is 11.6. The van der Waals surface area contributed by atoms with Gasteiger partial charge in [0.05, 0.1) is 6.61 Å². The van der Waals surface area contributed by atoms with Crippen molar-refractivity contribution in [1.29, 1.82) is 0 Å². The zero-order valence-corrected chi connectivity index (χ0v) is 11.5. The van der Waals surface area contributed by atoms with E-state index in [1.807, 2.05) is 31.2 Å². The number of esters is 1. The molecule has 3 heteroatoms. The van der Waals surface area contributed by atoms with Gasteiger partial charge in [0.25, 0.3) is 0 Å². The fraction of sp³-hybridized carbons (Fsp3) is 0.438. The summed E-state index contributed by atoms with van der Waals surface area (Å²) in [6, 6.07) is 0. The third-order valence-electron chi connectivity index (χ3n) is 3.41. The van der Waals surface area contributed by atoms with Gasteiger partial charge in [-0.3, -0.25) is 4.79 Å². The lowest BCUT2D eigenvalue weighted by Crippen LogP contribution is -2.43. The van der Waals surface area contributed by atoms with Gasteiger partial charge in [-0.15, -0.1) is 0 Å². The van der Waals surface area contributed by atoms with E-state index in [4.69, 9.17) is 9.47 Å². The van der Waals surface area contributed by atoms with Gasteiger partial charge in [-0.1, -0.05) is 36.5 Å². The first-order chi connectivity index (χ1) is 9.19. The zero-order chi connectivity index (χ0) is 13.7. The maximum atomic E-state index is 11.6. The summed E-state index contributed by atoms with van der Waals surface area (Å²) >= 11 is 0. The monoisotopic (exact) mass is 260 g/mol. The predicted molar refractivity (Wildman–Crippen MR) is 74.7 cm³/mol. The van der Waals surface area contributed by atoms with Gasteiger partial charge in [-0.2, -0.15) is 0 Å². The van der Waals surface area contributed by atoms with Crippen LogP contribution < -0.4 is 0 Å². The molecule has 0 unspecified atom stereocenters.